The summed E-state index contributed by atoms with van der Waals surface area (Å²) in [5, 5.41) is 3.88. The standard InChI is InChI=1S/C28H25F6N5O2/c1-15-24(17-4-6-19(41-3)7-5-17)36-26-21(14-35-39(26)25(15)28(32,33)34)27(40)38-10-8-37(9-11-38)16(2)20-12-18(29)13-22(30)23(20)31/h4-7,12-14,16H,8-11H2,1-3H3/t16-/m0/s1. The first-order valence-corrected chi connectivity index (χ1v) is 12.7. The fourth-order valence-corrected chi connectivity index (χ4v) is 5.15. The molecule has 1 aliphatic rings. The van der Waals surface area contributed by atoms with Crippen molar-refractivity contribution < 1.29 is 35.9 Å². The molecule has 1 atom stereocenters. The lowest BCUT2D eigenvalue weighted by molar-refractivity contribution is -0.143. The Hall–Kier alpha value is -4.13. The minimum Gasteiger partial charge on any atom is -0.497 e. The molecule has 1 amide bonds. The van der Waals surface area contributed by atoms with Crippen molar-refractivity contribution in [3.8, 4) is 17.0 Å². The van der Waals surface area contributed by atoms with Gasteiger partial charge in [0.1, 0.15) is 17.1 Å². The zero-order valence-electron chi connectivity index (χ0n) is 22.3. The van der Waals surface area contributed by atoms with Gasteiger partial charge in [0.25, 0.3) is 5.91 Å². The van der Waals surface area contributed by atoms with E-state index in [2.05, 4.69) is 10.1 Å². The van der Waals surface area contributed by atoms with Crippen molar-refractivity contribution >= 4 is 11.6 Å². The van der Waals surface area contributed by atoms with E-state index in [9.17, 15) is 31.1 Å². The molecule has 0 spiro atoms. The van der Waals surface area contributed by atoms with Gasteiger partial charge < -0.3 is 9.64 Å². The lowest BCUT2D eigenvalue weighted by atomic mass is 10.0. The average Bonchev–Trinajstić information content (AvgIpc) is 3.36. The molecule has 0 saturated carbocycles. The summed E-state index contributed by atoms with van der Waals surface area (Å²) in [4.78, 5) is 21.1. The molecule has 2 aromatic carbocycles. The van der Waals surface area contributed by atoms with Crippen LogP contribution >= 0.6 is 0 Å². The number of halogens is 6. The molecule has 0 aliphatic carbocycles. The van der Waals surface area contributed by atoms with Crippen LogP contribution in [0.15, 0.2) is 42.6 Å². The maximum atomic E-state index is 14.3. The van der Waals surface area contributed by atoms with E-state index >= 15 is 0 Å². The Morgan fingerprint density at radius 3 is 2.29 bits per heavy atom. The number of fused-ring (bicyclic) bond motifs is 1. The third kappa shape index (κ3) is 5.21. The molecule has 5 rings (SSSR count). The highest BCUT2D eigenvalue weighted by Crippen LogP contribution is 2.37. The lowest BCUT2D eigenvalue weighted by Gasteiger charge is -2.38. The Bertz CT molecular complexity index is 1610. The van der Waals surface area contributed by atoms with Crippen LogP contribution in [0.25, 0.3) is 16.9 Å². The van der Waals surface area contributed by atoms with Gasteiger partial charge in [-0.3, -0.25) is 9.69 Å². The largest absolute Gasteiger partial charge is 0.497 e. The minimum absolute atomic E-state index is 0.0463. The van der Waals surface area contributed by atoms with Crippen LogP contribution in [0.1, 0.15) is 40.1 Å². The molecule has 0 radical (unpaired) electrons. The second kappa shape index (κ2) is 10.7. The molecule has 1 saturated heterocycles. The van der Waals surface area contributed by atoms with E-state index in [0.29, 0.717) is 21.9 Å². The van der Waals surface area contributed by atoms with E-state index in [1.54, 1.807) is 36.1 Å². The van der Waals surface area contributed by atoms with Crippen LogP contribution in [0.3, 0.4) is 0 Å². The number of nitrogens with zero attached hydrogens (tertiary/aromatic N) is 5. The zero-order valence-corrected chi connectivity index (χ0v) is 22.3. The Kier molecular flexibility index (Phi) is 7.41. The van der Waals surface area contributed by atoms with Crippen molar-refractivity contribution in [2.45, 2.75) is 26.1 Å². The molecule has 4 aromatic rings. The molecule has 216 valence electrons. The van der Waals surface area contributed by atoms with Crippen LogP contribution in [0.2, 0.25) is 0 Å². The first-order chi connectivity index (χ1) is 19.4. The van der Waals surface area contributed by atoms with Crippen LogP contribution in [-0.2, 0) is 6.18 Å². The van der Waals surface area contributed by atoms with Crippen molar-refractivity contribution in [2.75, 3.05) is 33.3 Å². The van der Waals surface area contributed by atoms with Crippen LogP contribution in [0.4, 0.5) is 26.3 Å². The third-order valence-corrected chi connectivity index (χ3v) is 7.37. The molecule has 1 aliphatic heterocycles. The predicted molar refractivity (Wildman–Crippen MR) is 137 cm³/mol. The van der Waals surface area contributed by atoms with Gasteiger partial charge in [-0.1, -0.05) is 0 Å². The lowest BCUT2D eigenvalue weighted by Crippen LogP contribution is -2.49. The molecule has 13 heteroatoms. The summed E-state index contributed by atoms with van der Waals surface area (Å²) >= 11 is 0. The van der Waals surface area contributed by atoms with Gasteiger partial charge in [0.05, 0.1) is 19.0 Å². The summed E-state index contributed by atoms with van der Waals surface area (Å²) in [6.45, 7) is 3.66. The highest BCUT2D eigenvalue weighted by atomic mass is 19.4. The zero-order chi connectivity index (χ0) is 29.6. The number of hydrogen-bond acceptors (Lipinski definition) is 5. The number of piperazine rings is 1. The van der Waals surface area contributed by atoms with E-state index in [-0.39, 0.29) is 54.2 Å². The summed E-state index contributed by atoms with van der Waals surface area (Å²) < 4.78 is 90.2. The van der Waals surface area contributed by atoms with Gasteiger partial charge in [0, 0.05) is 55.0 Å². The molecule has 41 heavy (non-hydrogen) atoms. The number of amides is 1. The van der Waals surface area contributed by atoms with E-state index in [0.717, 1.165) is 12.3 Å². The number of hydrogen-bond donors (Lipinski definition) is 0. The molecular weight excluding hydrogens is 552 g/mol. The quantitative estimate of drug-likeness (QED) is 0.226. The van der Waals surface area contributed by atoms with Crippen molar-refractivity contribution in [1.29, 1.82) is 0 Å². The first-order valence-electron chi connectivity index (χ1n) is 12.7. The third-order valence-electron chi connectivity index (χ3n) is 7.37. The summed E-state index contributed by atoms with van der Waals surface area (Å²) in [6, 6.07) is 7.08. The number of carbonyl (C=O) groups is 1. The van der Waals surface area contributed by atoms with Crippen LogP contribution in [-0.4, -0.2) is 63.6 Å². The average molecular weight is 578 g/mol. The van der Waals surface area contributed by atoms with E-state index in [4.69, 9.17) is 4.74 Å². The molecule has 0 unspecified atom stereocenters. The summed E-state index contributed by atoms with van der Waals surface area (Å²) in [6.07, 6.45) is -3.72. The van der Waals surface area contributed by atoms with Crippen molar-refractivity contribution in [1.82, 2.24) is 24.4 Å². The van der Waals surface area contributed by atoms with Crippen molar-refractivity contribution in [2.24, 2.45) is 0 Å². The maximum absolute atomic E-state index is 14.3. The Morgan fingerprint density at radius 2 is 1.68 bits per heavy atom. The molecule has 3 heterocycles. The van der Waals surface area contributed by atoms with Crippen LogP contribution < -0.4 is 4.74 Å². The van der Waals surface area contributed by atoms with Gasteiger partial charge >= 0.3 is 6.18 Å². The normalized spacial score (nSPS) is 15.4. The molecule has 1 fully saturated rings. The van der Waals surface area contributed by atoms with E-state index in [1.165, 1.54) is 18.9 Å². The summed E-state index contributed by atoms with van der Waals surface area (Å²) in [5.74, 6) is -3.38. The number of rotatable bonds is 5. The van der Waals surface area contributed by atoms with Gasteiger partial charge in [-0.25, -0.2) is 22.7 Å². The van der Waals surface area contributed by atoms with Crippen LogP contribution in [0, 0.1) is 24.4 Å². The molecule has 0 N–H and O–H groups in total. The monoisotopic (exact) mass is 577 g/mol. The Morgan fingerprint density at radius 1 is 1.02 bits per heavy atom. The van der Waals surface area contributed by atoms with Gasteiger partial charge in [0.2, 0.25) is 0 Å². The van der Waals surface area contributed by atoms with Crippen molar-refractivity contribution in [3.05, 3.63) is 82.4 Å². The number of aromatic nitrogens is 3. The van der Waals surface area contributed by atoms with Crippen molar-refractivity contribution in [3.63, 3.8) is 0 Å². The summed E-state index contributed by atoms with van der Waals surface area (Å²) in [7, 11) is 1.47. The number of benzene rings is 2. The number of alkyl halides is 3. The SMILES string of the molecule is COc1ccc(-c2nc3c(C(=O)N4CCN([C@@H](C)c5cc(F)cc(F)c5F)CC4)cnn3c(C(F)(F)F)c2C)cc1. The topological polar surface area (TPSA) is 63.0 Å². The Balaban J connectivity index is 1.45. The van der Waals surface area contributed by atoms with Gasteiger partial charge in [-0.05, 0) is 44.2 Å². The maximum Gasteiger partial charge on any atom is 0.433 e. The fourth-order valence-electron chi connectivity index (χ4n) is 5.15. The fraction of sp³-hybridized carbons (Fsp3) is 0.321. The number of ether oxygens (including phenoxy) is 1. The summed E-state index contributed by atoms with van der Waals surface area (Å²) in [5.41, 5.74) is -1.24. The van der Waals surface area contributed by atoms with Crippen LogP contribution in [0.5, 0.6) is 5.75 Å². The first kappa shape index (κ1) is 28.4. The van der Waals surface area contributed by atoms with Gasteiger partial charge in [-0.15, -0.1) is 0 Å². The number of carbonyl (C=O) groups excluding carboxylic acids is 1. The molecular formula is C28H25F6N5O2. The molecule has 7 nitrogen and oxygen atoms in total. The smallest absolute Gasteiger partial charge is 0.433 e. The van der Waals surface area contributed by atoms with E-state index in [1.807, 2.05) is 0 Å². The molecule has 2 aromatic heterocycles. The second-order valence-corrected chi connectivity index (χ2v) is 9.75. The van der Waals surface area contributed by atoms with Gasteiger partial charge in [0.15, 0.2) is 23.0 Å². The predicted octanol–water partition coefficient (Wildman–Crippen LogP) is 5.67. The number of methoxy groups -OCH3 is 1. The second-order valence-electron chi connectivity index (χ2n) is 9.75. The minimum atomic E-state index is -4.79. The van der Waals surface area contributed by atoms with Gasteiger partial charge in [-0.2, -0.15) is 18.3 Å². The highest BCUT2D eigenvalue weighted by Gasteiger charge is 2.39. The van der Waals surface area contributed by atoms with E-state index < -0.39 is 41.3 Å². The highest BCUT2D eigenvalue weighted by molar-refractivity contribution is 6.00. The Labute approximate surface area is 231 Å². The molecule has 0 bridgehead atoms.